The molecule has 8 aliphatic heterocycles. The minimum absolute atomic E-state index is 0. The van der Waals surface area contributed by atoms with Gasteiger partial charge in [-0.2, -0.15) is 5.10 Å². The van der Waals surface area contributed by atoms with E-state index in [2.05, 4.69) is 222 Å². The van der Waals surface area contributed by atoms with Gasteiger partial charge < -0.3 is 29.5 Å². The number of hydrogen-bond acceptors (Lipinski definition) is 15. The number of rotatable bonds is 3. The van der Waals surface area contributed by atoms with Gasteiger partial charge in [-0.3, -0.25) is 49.5 Å². The van der Waals surface area contributed by atoms with Crippen LogP contribution in [-0.2, 0) is 34.1 Å². The van der Waals surface area contributed by atoms with Crippen molar-refractivity contribution in [1.82, 2.24) is 55.4 Å². The molecular weight excluding hydrogens is 1420 g/mol. The van der Waals surface area contributed by atoms with Crippen molar-refractivity contribution in [2.45, 2.75) is 423 Å². The van der Waals surface area contributed by atoms with Crippen molar-refractivity contribution in [2.75, 3.05) is 105 Å². The number of nitrogens with zero attached hydrogens (tertiary/aromatic N) is 10. The summed E-state index contributed by atoms with van der Waals surface area (Å²) in [6.07, 6.45) is 36.3. The van der Waals surface area contributed by atoms with Gasteiger partial charge in [-0.05, 0) is 248 Å². The van der Waals surface area contributed by atoms with Crippen LogP contribution in [0.1, 0.15) is 389 Å². The molecule has 11 rings (SSSR count). The average Bonchev–Trinajstić information content (AvgIpc) is 1.97. The van der Waals surface area contributed by atoms with Gasteiger partial charge in [0.2, 0.25) is 17.7 Å². The molecule has 10 aliphatic rings. The van der Waals surface area contributed by atoms with E-state index in [-0.39, 0.29) is 51.9 Å². The van der Waals surface area contributed by atoms with Gasteiger partial charge in [0.25, 0.3) is 0 Å². The average molecular weight is 1610 g/mol. The van der Waals surface area contributed by atoms with Gasteiger partial charge in [0.05, 0.1) is 24.9 Å². The Morgan fingerprint density at radius 1 is 0.465 bits per heavy atom. The summed E-state index contributed by atoms with van der Waals surface area (Å²) in [5.74, 6) is 2.59. The van der Waals surface area contributed by atoms with E-state index in [0.717, 1.165) is 44.3 Å². The largest absolute Gasteiger partial charge is 0.378 e. The van der Waals surface area contributed by atoms with E-state index in [4.69, 9.17) is 14.3 Å². The third-order valence-electron chi connectivity index (χ3n) is 21.1. The first-order valence-electron chi connectivity index (χ1n) is 44.9. The van der Waals surface area contributed by atoms with Crippen LogP contribution in [0.15, 0.2) is 28.1 Å². The number of likely N-dealkylation sites (tertiary alicyclic amines) is 5. The summed E-state index contributed by atoms with van der Waals surface area (Å²) in [7, 11) is 0. The maximum Gasteiger partial charge on any atom is 0.228 e. The number of morpholine rings is 1. The number of carbonyl (C=O) groups is 3. The van der Waals surface area contributed by atoms with Crippen LogP contribution in [0.25, 0.3) is 0 Å². The molecule has 1 aromatic heterocycles. The lowest BCUT2D eigenvalue weighted by Gasteiger charge is -2.38. The molecule has 670 valence electrons. The van der Waals surface area contributed by atoms with E-state index in [1.54, 1.807) is 0 Å². The highest BCUT2D eigenvalue weighted by Gasteiger charge is 2.32. The van der Waals surface area contributed by atoms with E-state index >= 15 is 0 Å². The van der Waals surface area contributed by atoms with Gasteiger partial charge in [0.15, 0.2) is 6.73 Å². The Hall–Kier alpha value is -3.85. The number of carbonyl (C=O) groups excluding carboxylic acids is 3. The molecule has 19 heteroatoms. The molecule has 1 aromatic rings. The zero-order chi connectivity index (χ0) is 86.4. The van der Waals surface area contributed by atoms with Crippen molar-refractivity contribution in [3.63, 3.8) is 0 Å². The van der Waals surface area contributed by atoms with Gasteiger partial charge in [0.1, 0.15) is 18.0 Å². The number of hydroxylamine groups is 1. The number of piperidine rings is 3. The van der Waals surface area contributed by atoms with Crippen LogP contribution in [0.2, 0.25) is 0 Å². The van der Waals surface area contributed by atoms with Crippen LogP contribution in [0.3, 0.4) is 0 Å². The van der Waals surface area contributed by atoms with E-state index < -0.39 is 0 Å². The topological polar surface area (TPSA) is 189 Å². The van der Waals surface area contributed by atoms with Crippen LogP contribution in [0, 0.1) is 32.5 Å². The number of nitrogens with one attached hydrogen (secondary N) is 3. The van der Waals surface area contributed by atoms with Crippen LogP contribution < -0.4 is 10.8 Å². The SMILES string of the molecule is C.CC(C)(C)C(=O)N1CCCCC1.CC(C)(C)C(=O)N1CCOCC1.CC(C)(C)C(=O)NC1CCCCC1.CC(C)(C)C1=CN=CC1.CC(C)(C)C1=NCON1.CC(C)(C)CN1CCCCC1.CC(C)(C)N1CCCC1.CC(C)(C)N1CCCC1.CC(C)(C)N1CCCCC1.CC(C)(C)OC1CCCC1.CC(C)(C)c1ncn[nH]1. The number of ether oxygens (including phenoxy) is 2. The fourth-order valence-corrected chi connectivity index (χ4v) is 14.1. The Kier molecular flexibility index (Phi) is 50.6. The molecule has 0 unspecified atom stereocenters. The lowest BCUT2D eigenvalue weighted by atomic mass is 9.86. The van der Waals surface area contributed by atoms with Gasteiger partial charge in [-0.15, -0.1) is 0 Å². The van der Waals surface area contributed by atoms with Crippen LogP contribution in [0.5, 0.6) is 0 Å². The third-order valence-corrected chi connectivity index (χ3v) is 21.1. The molecule has 3 N–H and O–H groups in total. The Bertz CT molecular complexity index is 2670. The second-order valence-corrected chi connectivity index (χ2v) is 44.5. The highest BCUT2D eigenvalue weighted by Crippen LogP contribution is 2.31. The molecule has 3 amide bonds. The maximum absolute atomic E-state index is 11.7. The van der Waals surface area contributed by atoms with Gasteiger partial charge in [-0.1, -0.05) is 198 Å². The molecule has 0 radical (unpaired) electrons. The molecule has 114 heavy (non-hydrogen) atoms. The van der Waals surface area contributed by atoms with Crippen molar-refractivity contribution in [3.05, 3.63) is 23.9 Å². The second kappa shape index (κ2) is 52.4. The third kappa shape index (κ3) is 52.3. The summed E-state index contributed by atoms with van der Waals surface area (Å²) in [4.78, 5) is 66.2. The minimum atomic E-state index is -0.253. The summed E-state index contributed by atoms with van der Waals surface area (Å²) < 4.78 is 11.0. The predicted molar refractivity (Wildman–Crippen MR) is 489 cm³/mol. The summed E-state index contributed by atoms with van der Waals surface area (Å²) >= 11 is 0. The Morgan fingerprint density at radius 2 is 0.851 bits per heavy atom. The van der Waals surface area contributed by atoms with E-state index in [1.165, 1.54) is 212 Å². The fraction of sp³-hybridized carbons (Fsp3) is 0.905. The molecular formula is C95H189N13O6. The molecule has 2 aliphatic carbocycles. The fourth-order valence-electron chi connectivity index (χ4n) is 14.1. The zero-order valence-corrected chi connectivity index (χ0v) is 80.4. The standard InChI is InChI=1S/C11H21NO.C10H19NO.C10H21N.C9H17NO2.C9H19N.C9H18O.C8H13N.2C8H17N.C6H11N3.C6H12N2O.CH4/c1-11(2,3)10(13)12-9-7-5-4-6-8-9;1-10(2,3)9(12)11-7-5-4-6-8-11;1-10(2,3)9-11-7-5-4-6-8-11;1-9(2,3)8(11)10-4-6-12-7-5-10;1-9(2,3)10-7-5-4-6-8-10;1-9(2,3)10-8-6-4-5-7-8;1-8(2,3)7-4-5-9-6-7;2*1-8(2,3)9-6-4-5-7-9;1-6(2,3)5-7-4-8-9-5;1-6(2,3)5-7-4-9-8-5;/h9H,4-8H2,1-3H3,(H,12,13);4-8H2,1-3H3;4-9H2,1-3H3;4-7H2,1-3H3;4-8H2,1-3H3;8H,4-7H2,1-3H3;5-6H,4H2,1-3H3;2*4-7H2,1-3H3;4H,1-3H3,(H,7,8,9);4H2,1-3H3,(H,7,8);1H4. The molecule has 8 fully saturated rings. The lowest BCUT2D eigenvalue weighted by Crippen LogP contribution is -2.45. The van der Waals surface area contributed by atoms with Crippen LogP contribution >= 0.6 is 0 Å². The molecule has 9 heterocycles. The molecule has 0 bridgehead atoms. The molecule has 0 aromatic carbocycles. The summed E-state index contributed by atoms with van der Waals surface area (Å²) in [5.41, 5.74) is 5.77. The monoisotopic (exact) mass is 1610 g/mol. The molecule has 6 saturated heterocycles. The van der Waals surface area contributed by atoms with Crippen molar-refractivity contribution in [1.29, 1.82) is 0 Å². The summed E-state index contributed by atoms with van der Waals surface area (Å²) in [5, 5.41) is 9.69. The maximum atomic E-state index is 11.7. The minimum Gasteiger partial charge on any atom is -0.378 e. The highest BCUT2D eigenvalue weighted by atomic mass is 16.7. The number of hydrogen-bond donors (Lipinski definition) is 3. The van der Waals surface area contributed by atoms with Crippen molar-refractivity contribution < 1.29 is 28.7 Å². The number of amides is 3. The summed E-state index contributed by atoms with van der Waals surface area (Å²) in [6, 6.07) is 0.445. The Balaban J connectivity index is 0.00000123. The van der Waals surface area contributed by atoms with Gasteiger partial charge in [0, 0.05) is 101 Å². The molecule has 2 saturated carbocycles. The van der Waals surface area contributed by atoms with E-state index in [0.29, 0.717) is 65.4 Å². The Morgan fingerprint density at radius 3 is 1.13 bits per heavy atom. The van der Waals surface area contributed by atoms with Crippen LogP contribution in [0.4, 0.5) is 0 Å². The van der Waals surface area contributed by atoms with E-state index in [1.807, 2.05) is 84.5 Å². The quantitative estimate of drug-likeness (QED) is 0.260. The number of H-pyrrole nitrogens is 1. The predicted octanol–water partition coefficient (Wildman–Crippen LogP) is 21.8. The first-order chi connectivity index (χ1) is 51.8. The summed E-state index contributed by atoms with van der Waals surface area (Å²) in [6.45, 7) is 87.9. The van der Waals surface area contributed by atoms with Crippen molar-refractivity contribution in [2.24, 2.45) is 42.5 Å². The number of amidine groups is 1. The first kappa shape index (κ1) is 110. The van der Waals surface area contributed by atoms with Gasteiger partial charge >= 0.3 is 0 Å². The number of aliphatic imine (C=N–C) groups is 2. The lowest BCUT2D eigenvalue weighted by molar-refractivity contribution is -0.143. The number of aromatic nitrogens is 3. The van der Waals surface area contributed by atoms with Crippen molar-refractivity contribution in [3.8, 4) is 0 Å². The normalized spacial score (nSPS) is 20.0. The Labute approximate surface area is 705 Å². The smallest absolute Gasteiger partial charge is 0.228 e. The van der Waals surface area contributed by atoms with Crippen LogP contribution in [-0.4, -0.2) is 214 Å². The number of allylic oxidation sites excluding steroid dienone is 1. The van der Waals surface area contributed by atoms with Gasteiger partial charge in [-0.25, -0.2) is 9.98 Å². The second-order valence-electron chi connectivity index (χ2n) is 44.5. The molecule has 0 atom stereocenters. The van der Waals surface area contributed by atoms with Crippen molar-refractivity contribution >= 4 is 29.8 Å². The molecule has 0 spiro atoms. The molecule has 19 nitrogen and oxygen atoms in total. The van der Waals surface area contributed by atoms with E-state index in [9.17, 15) is 14.4 Å². The first-order valence-corrected chi connectivity index (χ1v) is 44.9. The highest BCUT2D eigenvalue weighted by molar-refractivity contribution is 5.87. The zero-order valence-electron chi connectivity index (χ0n) is 80.4. The number of aromatic amines is 1.